The molecule has 94 valence electrons. The number of hydrogen-bond acceptors (Lipinski definition) is 4. The van der Waals surface area contributed by atoms with Crippen molar-refractivity contribution in [2.75, 3.05) is 33.7 Å². The molecule has 0 radical (unpaired) electrons. The van der Waals surface area contributed by atoms with E-state index < -0.39 is 0 Å². The topological polar surface area (TPSA) is 23.6 Å². The molecule has 0 unspecified atom stereocenters. The van der Waals surface area contributed by atoms with Crippen molar-refractivity contribution < 1.29 is 4.79 Å². The van der Waals surface area contributed by atoms with Crippen LogP contribution in [0, 0.1) is 0 Å². The number of nitrogens with zero attached hydrogens (tertiary/aromatic N) is 2. The SMILES string of the molecule is CN(C)C1CCN(CC(=O)c2cccs2)CC1. The molecule has 1 aliphatic rings. The van der Waals surface area contributed by atoms with Crippen molar-refractivity contribution >= 4 is 17.1 Å². The van der Waals surface area contributed by atoms with Gasteiger partial charge in [-0.25, -0.2) is 0 Å². The maximum atomic E-state index is 11.9. The van der Waals surface area contributed by atoms with Crippen LogP contribution in [0.3, 0.4) is 0 Å². The van der Waals surface area contributed by atoms with Gasteiger partial charge in [0.25, 0.3) is 0 Å². The van der Waals surface area contributed by atoms with Crippen LogP contribution >= 0.6 is 11.3 Å². The Bertz CT molecular complexity index is 354. The van der Waals surface area contributed by atoms with Gasteiger partial charge in [0, 0.05) is 19.1 Å². The maximum Gasteiger partial charge on any atom is 0.186 e. The molecule has 4 heteroatoms. The second kappa shape index (κ2) is 5.76. The van der Waals surface area contributed by atoms with Crippen LogP contribution in [0.5, 0.6) is 0 Å². The van der Waals surface area contributed by atoms with Gasteiger partial charge in [-0.15, -0.1) is 11.3 Å². The van der Waals surface area contributed by atoms with Gasteiger partial charge in [-0.2, -0.15) is 0 Å². The number of rotatable bonds is 4. The zero-order chi connectivity index (χ0) is 12.3. The van der Waals surface area contributed by atoms with Gasteiger partial charge in [0.15, 0.2) is 5.78 Å². The summed E-state index contributed by atoms with van der Waals surface area (Å²) in [5.41, 5.74) is 0. The number of likely N-dealkylation sites (tertiary alicyclic amines) is 1. The summed E-state index contributed by atoms with van der Waals surface area (Å²) in [6, 6.07) is 4.54. The average molecular weight is 252 g/mol. The van der Waals surface area contributed by atoms with E-state index in [-0.39, 0.29) is 5.78 Å². The first-order valence-corrected chi connectivity index (χ1v) is 7.00. The molecular formula is C13H20N2OS. The van der Waals surface area contributed by atoms with Gasteiger partial charge in [-0.05, 0) is 38.4 Å². The Morgan fingerprint density at radius 1 is 1.47 bits per heavy atom. The normalized spacial score (nSPS) is 18.8. The molecule has 0 spiro atoms. The lowest BCUT2D eigenvalue weighted by Gasteiger charge is -2.34. The molecule has 0 saturated carbocycles. The minimum atomic E-state index is 0.267. The smallest absolute Gasteiger partial charge is 0.186 e. The van der Waals surface area contributed by atoms with Crippen molar-refractivity contribution in [3.63, 3.8) is 0 Å². The number of hydrogen-bond donors (Lipinski definition) is 0. The summed E-state index contributed by atoms with van der Waals surface area (Å²) in [4.78, 5) is 17.4. The largest absolute Gasteiger partial charge is 0.306 e. The molecule has 1 aromatic rings. The van der Waals surface area contributed by atoms with Crippen LogP contribution in [-0.2, 0) is 0 Å². The first-order valence-electron chi connectivity index (χ1n) is 6.12. The predicted molar refractivity (Wildman–Crippen MR) is 71.8 cm³/mol. The summed E-state index contributed by atoms with van der Waals surface area (Å²) in [5.74, 6) is 0.267. The molecule has 0 bridgehead atoms. The monoisotopic (exact) mass is 252 g/mol. The summed E-state index contributed by atoms with van der Waals surface area (Å²) in [6.45, 7) is 2.67. The molecule has 1 fully saturated rings. The first-order chi connectivity index (χ1) is 8.16. The number of Topliss-reactive ketones (excluding diaryl/α,β-unsaturated/α-hetero) is 1. The fraction of sp³-hybridized carbons (Fsp3) is 0.615. The van der Waals surface area contributed by atoms with E-state index in [0.717, 1.165) is 18.0 Å². The molecule has 2 rings (SSSR count). The van der Waals surface area contributed by atoms with Crippen molar-refractivity contribution in [2.24, 2.45) is 0 Å². The number of carbonyl (C=O) groups is 1. The number of ketones is 1. The molecule has 0 aliphatic carbocycles. The third kappa shape index (κ3) is 3.37. The molecule has 1 saturated heterocycles. The Hall–Kier alpha value is -0.710. The van der Waals surface area contributed by atoms with Crippen LogP contribution in [0.15, 0.2) is 17.5 Å². The van der Waals surface area contributed by atoms with Crippen LogP contribution in [0.4, 0.5) is 0 Å². The Morgan fingerprint density at radius 3 is 2.71 bits per heavy atom. The van der Waals surface area contributed by atoms with Gasteiger partial charge in [-0.1, -0.05) is 6.07 Å². The summed E-state index contributed by atoms with van der Waals surface area (Å²) in [5, 5.41) is 1.96. The lowest BCUT2D eigenvalue weighted by atomic mass is 10.0. The highest BCUT2D eigenvalue weighted by Gasteiger charge is 2.22. The standard InChI is InChI=1S/C13H20N2OS/c1-14(2)11-5-7-15(8-6-11)10-12(16)13-4-3-9-17-13/h3-4,9,11H,5-8,10H2,1-2H3. The van der Waals surface area contributed by atoms with Gasteiger partial charge in [0.05, 0.1) is 11.4 Å². The van der Waals surface area contributed by atoms with E-state index in [1.54, 1.807) is 11.3 Å². The molecule has 0 N–H and O–H groups in total. The molecule has 1 aromatic heterocycles. The van der Waals surface area contributed by atoms with Crippen LogP contribution in [0.25, 0.3) is 0 Å². The zero-order valence-electron chi connectivity index (χ0n) is 10.6. The van der Waals surface area contributed by atoms with E-state index in [0.29, 0.717) is 12.6 Å². The Balaban J connectivity index is 1.80. The summed E-state index contributed by atoms with van der Waals surface area (Å²) in [6.07, 6.45) is 2.34. The second-order valence-electron chi connectivity index (χ2n) is 4.87. The molecule has 3 nitrogen and oxygen atoms in total. The minimum Gasteiger partial charge on any atom is -0.306 e. The number of carbonyl (C=O) groups excluding carboxylic acids is 1. The van der Waals surface area contributed by atoms with Gasteiger partial charge in [-0.3, -0.25) is 9.69 Å². The molecule has 1 aliphatic heterocycles. The molecule has 0 amide bonds. The quantitative estimate of drug-likeness (QED) is 0.765. The van der Waals surface area contributed by atoms with Crippen LogP contribution < -0.4 is 0 Å². The lowest BCUT2D eigenvalue weighted by Crippen LogP contribution is -2.43. The highest BCUT2D eigenvalue weighted by Crippen LogP contribution is 2.16. The number of piperidine rings is 1. The summed E-state index contributed by atoms with van der Waals surface area (Å²) >= 11 is 1.54. The second-order valence-corrected chi connectivity index (χ2v) is 5.82. The Kier molecular flexibility index (Phi) is 4.31. The van der Waals surface area contributed by atoms with E-state index in [1.807, 2.05) is 17.5 Å². The third-order valence-electron chi connectivity index (χ3n) is 3.45. The Labute approximate surface area is 107 Å². The van der Waals surface area contributed by atoms with Crippen LogP contribution in [-0.4, -0.2) is 55.4 Å². The predicted octanol–water partition coefficient (Wildman–Crippen LogP) is 1.96. The van der Waals surface area contributed by atoms with E-state index in [4.69, 9.17) is 0 Å². The lowest BCUT2D eigenvalue weighted by molar-refractivity contribution is 0.0878. The molecule has 2 heterocycles. The highest BCUT2D eigenvalue weighted by atomic mass is 32.1. The van der Waals surface area contributed by atoms with E-state index in [9.17, 15) is 4.79 Å². The van der Waals surface area contributed by atoms with Crippen molar-refractivity contribution in [1.82, 2.24) is 9.80 Å². The van der Waals surface area contributed by atoms with Gasteiger partial charge in [0.2, 0.25) is 0 Å². The summed E-state index contributed by atoms with van der Waals surface area (Å²) in [7, 11) is 4.27. The minimum absolute atomic E-state index is 0.267. The molecular weight excluding hydrogens is 232 g/mol. The van der Waals surface area contributed by atoms with E-state index in [1.165, 1.54) is 12.8 Å². The molecule has 17 heavy (non-hydrogen) atoms. The van der Waals surface area contributed by atoms with Crippen LogP contribution in [0.2, 0.25) is 0 Å². The fourth-order valence-electron chi connectivity index (χ4n) is 2.31. The van der Waals surface area contributed by atoms with Crippen LogP contribution in [0.1, 0.15) is 22.5 Å². The highest BCUT2D eigenvalue weighted by molar-refractivity contribution is 7.12. The van der Waals surface area contributed by atoms with Gasteiger partial charge < -0.3 is 4.90 Å². The molecule has 0 aromatic carbocycles. The average Bonchev–Trinajstić information content (AvgIpc) is 2.83. The zero-order valence-corrected chi connectivity index (χ0v) is 11.4. The Morgan fingerprint density at radius 2 is 2.18 bits per heavy atom. The van der Waals surface area contributed by atoms with Gasteiger partial charge in [0.1, 0.15) is 0 Å². The van der Waals surface area contributed by atoms with E-state index in [2.05, 4.69) is 23.9 Å². The van der Waals surface area contributed by atoms with Crippen molar-refractivity contribution in [2.45, 2.75) is 18.9 Å². The van der Waals surface area contributed by atoms with Crippen molar-refractivity contribution in [3.8, 4) is 0 Å². The first kappa shape index (κ1) is 12.7. The van der Waals surface area contributed by atoms with E-state index >= 15 is 0 Å². The maximum absolute atomic E-state index is 11.9. The molecule has 0 atom stereocenters. The van der Waals surface area contributed by atoms with Crippen molar-refractivity contribution in [3.05, 3.63) is 22.4 Å². The third-order valence-corrected chi connectivity index (χ3v) is 4.36. The van der Waals surface area contributed by atoms with Gasteiger partial charge >= 0.3 is 0 Å². The summed E-state index contributed by atoms with van der Waals surface area (Å²) < 4.78 is 0. The van der Waals surface area contributed by atoms with Crippen molar-refractivity contribution in [1.29, 1.82) is 0 Å². The number of thiophene rings is 1. The fourth-order valence-corrected chi connectivity index (χ4v) is 2.97.